The van der Waals surface area contributed by atoms with Gasteiger partial charge >= 0.3 is 5.97 Å². The van der Waals surface area contributed by atoms with Crippen LogP contribution in [0.15, 0.2) is 48.5 Å². The molecule has 0 saturated heterocycles. The van der Waals surface area contributed by atoms with Crippen LogP contribution in [0.2, 0.25) is 0 Å². The number of Topliss-reactive ketones (excluding diaryl/α,β-unsaturated/α-hetero) is 2. The minimum Gasteiger partial charge on any atom is -0.465 e. The second-order valence-corrected chi connectivity index (χ2v) is 7.67. The fourth-order valence-corrected chi connectivity index (χ4v) is 4.88. The maximum Gasteiger partial charge on any atom is 0.337 e. The van der Waals surface area contributed by atoms with Crippen LogP contribution in [0.25, 0.3) is 11.1 Å². The Balaban J connectivity index is 1.99. The van der Waals surface area contributed by atoms with Gasteiger partial charge < -0.3 is 4.74 Å². The molecule has 2 aliphatic rings. The first-order valence-corrected chi connectivity index (χ1v) is 10.1. The molecule has 4 rings (SSSR count). The van der Waals surface area contributed by atoms with Crippen molar-refractivity contribution in [2.75, 3.05) is 7.11 Å². The van der Waals surface area contributed by atoms with Crippen LogP contribution in [-0.2, 0) is 19.7 Å². The number of hydrogen-bond donors (Lipinski definition) is 0. The van der Waals surface area contributed by atoms with E-state index < -0.39 is 11.4 Å². The highest BCUT2D eigenvalue weighted by atomic mass is 16.5. The predicted molar refractivity (Wildman–Crippen MR) is 111 cm³/mol. The zero-order valence-electron chi connectivity index (χ0n) is 16.8. The molecule has 2 aromatic rings. The molecule has 1 spiro atoms. The van der Waals surface area contributed by atoms with Gasteiger partial charge in [0, 0.05) is 12.8 Å². The van der Waals surface area contributed by atoms with E-state index in [1.165, 1.54) is 7.11 Å². The lowest BCUT2D eigenvalue weighted by Crippen LogP contribution is -2.46. The van der Waals surface area contributed by atoms with Gasteiger partial charge in [-0.25, -0.2) is 4.79 Å². The summed E-state index contributed by atoms with van der Waals surface area (Å²) in [6, 6.07) is 14.9. The molecule has 0 heterocycles. The molecular formula is C25H24O4. The second kappa shape index (κ2) is 7.43. The largest absolute Gasteiger partial charge is 0.465 e. The van der Waals surface area contributed by atoms with E-state index in [0.717, 1.165) is 40.7 Å². The van der Waals surface area contributed by atoms with E-state index >= 15 is 0 Å². The average molecular weight is 388 g/mol. The Labute approximate surface area is 170 Å². The van der Waals surface area contributed by atoms with Crippen molar-refractivity contribution in [3.63, 3.8) is 0 Å². The molecule has 4 nitrogen and oxygen atoms in total. The molecule has 0 N–H and O–H groups in total. The van der Waals surface area contributed by atoms with E-state index in [4.69, 9.17) is 4.74 Å². The zero-order valence-corrected chi connectivity index (χ0v) is 16.8. The number of carbonyl (C=O) groups excluding carboxylic acids is 3. The number of fused-ring (bicyclic) bond motifs is 2. The molecule has 4 heteroatoms. The summed E-state index contributed by atoms with van der Waals surface area (Å²) in [5, 5.41) is 0. The molecule has 1 fully saturated rings. The molecule has 2 aliphatic carbocycles. The van der Waals surface area contributed by atoms with E-state index in [1.807, 2.05) is 36.4 Å². The first-order valence-electron chi connectivity index (χ1n) is 10.1. The van der Waals surface area contributed by atoms with Crippen LogP contribution in [0.3, 0.4) is 0 Å². The lowest BCUT2D eigenvalue weighted by atomic mass is 9.63. The number of allylic oxidation sites excluding steroid dienone is 2. The van der Waals surface area contributed by atoms with Gasteiger partial charge in [-0.2, -0.15) is 0 Å². The SMILES string of the molecule is CCCC1=C(c2ccc(C(=O)OC)cc2)C2(C(=O)CCCC2=O)c2ccccc21. The molecular weight excluding hydrogens is 364 g/mol. The summed E-state index contributed by atoms with van der Waals surface area (Å²) in [5.41, 5.74) is 3.76. The predicted octanol–water partition coefficient (Wildman–Crippen LogP) is 4.76. The minimum absolute atomic E-state index is 0.0145. The van der Waals surface area contributed by atoms with Gasteiger partial charge in [0.15, 0.2) is 11.6 Å². The second-order valence-electron chi connectivity index (χ2n) is 7.67. The summed E-state index contributed by atoms with van der Waals surface area (Å²) in [7, 11) is 1.35. The molecule has 148 valence electrons. The van der Waals surface area contributed by atoms with Crippen LogP contribution in [-0.4, -0.2) is 24.6 Å². The Kier molecular flexibility index (Phi) is 4.95. The van der Waals surface area contributed by atoms with E-state index in [0.29, 0.717) is 24.8 Å². The van der Waals surface area contributed by atoms with E-state index in [2.05, 4.69) is 6.92 Å². The van der Waals surface area contributed by atoms with Gasteiger partial charge in [0.25, 0.3) is 0 Å². The number of methoxy groups -OCH3 is 1. The van der Waals surface area contributed by atoms with Crippen molar-refractivity contribution in [2.45, 2.75) is 44.4 Å². The Morgan fingerprint density at radius 3 is 2.28 bits per heavy atom. The zero-order chi connectivity index (χ0) is 20.6. The normalized spacial score (nSPS) is 17.6. The molecule has 0 radical (unpaired) electrons. The van der Waals surface area contributed by atoms with Gasteiger partial charge in [-0.3, -0.25) is 9.59 Å². The Morgan fingerprint density at radius 2 is 1.66 bits per heavy atom. The number of benzene rings is 2. The Bertz CT molecular complexity index is 1010. The summed E-state index contributed by atoms with van der Waals surface area (Å²) in [6.45, 7) is 2.10. The van der Waals surface area contributed by atoms with Gasteiger partial charge in [0.1, 0.15) is 5.41 Å². The van der Waals surface area contributed by atoms with Crippen molar-refractivity contribution >= 4 is 28.7 Å². The van der Waals surface area contributed by atoms with E-state index in [-0.39, 0.29) is 11.6 Å². The van der Waals surface area contributed by atoms with E-state index in [1.54, 1.807) is 12.1 Å². The maximum absolute atomic E-state index is 13.4. The minimum atomic E-state index is -1.22. The smallest absolute Gasteiger partial charge is 0.337 e. The topological polar surface area (TPSA) is 60.4 Å². The first-order chi connectivity index (χ1) is 14.1. The van der Waals surface area contributed by atoms with Gasteiger partial charge in [-0.1, -0.05) is 49.7 Å². The van der Waals surface area contributed by atoms with Crippen molar-refractivity contribution < 1.29 is 19.1 Å². The number of hydrogen-bond acceptors (Lipinski definition) is 4. The maximum atomic E-state index is 13.4. The van der Waals surface area contributed by atoms with Crippen LogP contribution in [0.4, 0.5) is 0 Å². The highest BCUT2D eigenvalue weighted by molar-refractivity contribution is 6.30. The fraction of sp³-hybridized carbons (Fsp3) is 0.320. The van der Waals surface area contributed by atoms with Crippen molar-refractivity contribution in [2.24, 2.45) is 0 Å². The molecule has 0 bridgehead atoms. The quantitative estimate of drug-likeness (QED) is 0.560. The lowest BCUT2D eigenvalue weighted by Gasteiger charge is -2.34. The summed E-state index contributed by atoms with van der Waals surface area (Å²) in [4.78, 5) is 38.7. The van der Waals surface area contributed by atoms with Gasteiger partial charge in [-0.15, -0.1) is 0 Å². The number of rotatable bonds is 4. The highest BCUT2D eigenvalue weighted by Gasteiger charge is 2.56. The van der Waals surface area contributed by atoms with Crippen LogP contribution in [0.5, 0.6) is 0 Å². The Morgan fingerprint density at radius 1 is 1.00 bits per heavy atom. The Hall–Kier alpha value is -3.01. The van der Waals surface area contributed by atoms with Crippen LogP contribution in [0.1, 0.15) is 66.1 Å². The summed E-state index contributed by atoms with van der Waals surface area (Å²) in [5.74, 6) is -0.438. The van der Waals surface area contributed by atoms with Gasteiger partial charge in [-0.05, 0) is 52.8 Å². The molecule has 1 saturated carbocycles. The average Bonchev–Trinajstić information content (AvgIpc) is 3.03. The van der Waals surface area contributed by atoms with Gasteiger partial charge in [0.2, 0.25) is 0 Å². The fourth-order valence-electron chi connectivity index (χ4n) is 4.88. The van der Waals surface area contributed by atoms with Crippen molar-refractivity contribution in [1.82, 2.24) is 0 Å². The molecule has 2 aromatic carbocycles. The third-order valence-corrected chi connectivity index (χ3v) is 6.07. The number of carbonyl (C=O) groups is 3. The number of esters is 1. The van der Waals surface area contributed by atoms with Crippen LogP contribution >= 0.6 is 0 Å². The molecule has 29 heavy (non-hydrogen) atoms. The molecule has 0 amide bonds. The number of ether oxygens (including phenoxy) is 1. The third-order valence-electron chi connectivity index (χ3n) is 6.07. The van der Waals surface area contributed by atoms with Gasteiger partial charge in [0.05, 0.1) is 12.7 Å². The summed E-state index contributed by atoms with van der Waals surface area (Å²) >= 11 is 0. The van der Waals surface area contributed by atoms with Crippen molar-refractivity contribution in [3.8, 4) is 0 Å². The van der Waals surface area contributed by atoms with Crippen molar-refractivity contribution in [1.29, 1.82) is 0 Å². The summed E-state index contributed by atoms with van der Waals surface area (Å²) in [6.07, 6.45) is 3.12. The third kappa shape index (κ3) is 2.78. The lowest BCUT2D eigenvalue weighted by molar-refractivity contribution is -0.135. The van der Waals surface area contributed by atoms with Crippen LogP contribution in [0, 0.1) is 0 Å². The monoisotopic (exact) mass is 388 g/mol. The van der Waals surface area contributed by atoms with E-state index in [9.17, 15) is 14.4 Å². The first kappa shape index (κ1) is 19.3. The molecule has 0 aromatic heterocycles. The standard InChI is InChI=1S/C25H24O4/c1-3-7-19-18-8-4-5-9-20(18)25(21(26)10-6-11-22(25)27)23(19)16-12-14-17(15-13-16)24(28)29-2/h4-5,8-9,12-15H,3,6-7,10-11H2,1-2H3. The molecule has 0 atom stereocenters. The van der Waals surface area contributed by atoms with Crippen molar-refractivity contribution in [3.05, 3.63) is 70.8 Å². The van der Waals surface area contributed by atoms with Crippen LogP contribution < -0.4 is 0 Å². The highest BCUT2D eigenvalue weighted by Crippen LogP contribution is 2.55. The summed E-state index contributed by atoms with van der Waals surface area (Å²) < 4.78 is 4.80. The molecule has 0 aliphatic heterocycles. The number of ketones is 2. The molecule has 0 unspecified atom stereocenters.